The molecule has 1 N–H and O–H groups in total. The number of nitrogens with one attached hydrogen (secondary N) is 1. The summed E-state index contributed by atoms with van der Waals surface area (Å²) in [6.45, 7) is 0. The number of hydrogen-bond donors (Lipinski definition) is 1. The van der Waals surface area contributed by atoms with Gasteiger partial charge in [-0.25, -0.2) is 4.98 Å². The van der Waals surface area contributed by atoms with Crippen molar-refractivity contribution < 1.29 is 18.9 Å². The maximum Gasteiger partial charge on any atom is 0.298 e. The highest BCUT2D eigenvalue weighted by Gasteiger charge is 2.15. The molecule has 0 aliphatic rings. The van der Waals surface area contributed by atoms with E-state index >= 15 is 0 Å². The van der Waals surface area contributed by atoms with E-state index in [4.69, 9.17) is 18.9 Å². The van der Waals surface area contributed by atoms with E-state index in [1.807, 2.05) is 12.1 Å². The predicted molar refractivity (Wildman–Crippen MR) is 114 cm³/mol. The van der Waals surface area contributed by atoms with E-state index in [2.05, 4.69) is 15.1 Å². The lowest BCUT2D eigenvalue weighted by Crippen LogP contribution is -2.17. The number of H-pyrrole nitrogens is 1. The summed E-state index contributed by atoms with van der Waals surface area (Å²) in [5.41, 5.74) is 1.89. The minimum atomic E-state index is -0.341. The minimum Gasteiger partial charge on any atom is -0.493 e. The molecule has 154 valence electrons. The molecule has 2 heterocycles. The Morgan fingerprint density at radius 2 is 1.73 bits per heavy atom. The summed E-state index contributed by atoms with van der Waals surface area (Å²) < 4.78 is 22.5. The molecule has 2 aromatic carbocycles. The van der Waals surface area contributed by atoms with Crippen LogP contribution in [0.1, 0.15) is 5.56 Å². The fourth-order valence-corrected chi connectivity index (χ4v) is 3.30. The predicted octanol–water partition coefficient (Wildman–Crippen LogP) is 2.79. The van der Waals surface area contributed by atoms with Gasteiger partial charge in [-0.05, 0) is 18.2 Å². The normalized spacial score (nSPS) is 11.3. The SMILES string of the molecule is COc1cc2[nH]c3c(=O)n(N=Cc4cccc(OC)c4OC)cnc3c2cc1OC. The molecule has 0 fully saturated rings. The maximum absolute atomic E-state index is 13.0. The molecular formula is C21H20N4O5. The van der Waals surface area contributed by atoms with E-state index in [9.17, 15) is 4.79 Å². The molecule has 2 aromatic heterocycles. The van der Waals surface area contributed by atoms with Gasteiger partial charge in [0, 0.05) is 17.0 Å². The molecule has 0 spiro atoms. The fraction of sp³-hybridized carbons (Fsp3) is 0.190. The first-order valence-electron chi connectivity index (χ1n) is 9.01. The van der Waals surface area contributed by atoms with Crippen LogP contribution in [-0.4, -0.2) is 49.3 Å². The molecular weight excluding hydrogens is 388 g/mol. The minimum absolute atomic E-state index is 0.331. The first-order chi connectivity index (χ1) is 14.6. The Kier molecular flexibility index (Phi) is 5.01. The van der Waals surface area contributed by atoms with Crippen molar-refractivity contribution >= 4 is 28.2 Å². The zero-order chi connectivity index (χ0) is 21.3. The number of benzene rings is 2. The highest BCUT2D eigenvalue weighted by atomic mass is 16.5. The van der Waals surface area contributed by atoms with Crippen molar-refractivity contribution in [3.63, 3.8) is 0 Å². The fourth-order valence-electron chi connectivity index (χ4n) is 3.30. The largest absolute Gasteiger partial charge is 0.493 e. The number of ether oxygens (including phenoxy) is 4. The second kappa shape index (κ2) is 7.78. The number of nitrogens with zero attached hydrogens (tertiary/aromatic N) is 3. The van der Waals surface area contributed by atoms with Crippen molar-refractivity contribution in [1.82, 2.24) is 14.6 Å². The number of aromatic nitrogens is 3. The van der Waals surface area contributed by atoms with Gasteiger partial charge in [0.2, 0.25) is 0 Å². The molecule has 9 heteroatoms. The van der Waals surface area contributed by atoms with E-state index < -0.39 is 0 Å². The molecule has 0 bridgehead atoms. The number of para-hydroxylation sites is 1. The molecule has 9 nitrogen and oxygen atoms in total. The van der Waals surface area contributed by atoms with Crippen LogP contribution in [0.25, 0.3) is 21.9 Å². The van der Waals surface area contributed by atoms with E-state index in [0.717, 1.165) is 10.1 Å². The van der Waals surface area contributed by atoms with Crippen molar-refractivity contribution in [2.24, 2.45) is 5.10 Å². The summed E-state index contributed by atoms with van der Waals surface area (Å²) >= 11 is 0. The van der Waals surface area contributed by atoms with E-state index in [-0.39, 0.29) is 5.56 Å². The lowest BCUT2D eigenvalue weighted by Gasteiger charge is -2.09. The molecule has 4 rings (SSSR count). The summed E-state index contributed by atoms with van der Waals surface area (Å²) in [5.74, 6) is 2.21. The van der Waals surface area contributed by atoms with Gasteiger partial charge >= 0.3 is 0 Å². The quantitative estimate of drug-likeness (QED) is 0.493. The summed E-state index contributed by atoms with van der Waals surface area (Å²) in [5, 5.41) is 5.01. The smallest absolute Gasteiger partial charge is 0.298 e. The third-order valence-corrected chi connectivity index (χ3v) is 4.75. The van der Waals surface area contributed by atoms with E-state index in [1.165, 1.54) is 12.5 Å². The van der Waals surface area contributed by atoms with Gasteiger partial charge in [0.25, 0.3) is 5.56 Å². The Morgan fingerprint density at radius 3 is 2.43 bits per heavy atom. The number of fused-ring (bicyclic) bond motifs is 3. The molecule has 0 aliphatic carbocycles. The standard InChI is InChI=1S/C21H20N4O5/c1-27-15-7-5-6-12(20(15)30-4)10-23-25-11-22-18-13-8-16(28-2)17(29-3)9-14(13)24-19(18)21(25)26/h5-11,24H,1-4H3. The molecule has 0 radical (unpaired) electrons. The number of rotatable bonds is 6. The summed E-state index contributed by atoms with van der Waals surface area (Å²) in [7, 11) is 6.21. The lowest BCUT2D eigenvalue weighted by molar-refractivity contribution is 0.354. The first kappa shape index (κ1) is 19.3. The Balaban J connectivity index is 1.82. The Bertz CT molecular complexity index is 1320. The van der Waals surface area contributed by atoms with Crippen LogP contribution < -0.4 is 24.5 Å². The van der Waals surface area contributed by atoms with Crippen LogP contribution in [0.2, 0.25) is 0 Å². The molecule has 4 aromatic rings. The molecule has 0 atom stereocenters. The van der Waals surface area contributed by atoms with Gasteiger partial charge in [-0.2, -0.15) is 9.78 Å². The average molecular weight is 408 g/mol. The van der Waals surface area contributed by atoms with Crippen LogP contribution in [0.5, 0.6) is 23.0 Å². The van der Waals surface area contributed by atoms with Crippen LogP contribution in [0, 0.1) is 0 Å². The monoisotopic (exact) mass is 408 g/mol. The van der Waals surface area contributed by atoms with Gasteiger partial charge in [0.15, 0.2) is 23.0 Å². The van der Waals surface area contributed by atoms with Crippen LogP contribution in [-0.2, 0) is 0 Å². The Morgan fingerprint density at radius 1 is 1.00 bits per heavy atom. The van der Waals surface area contributed by atoms with Crippen LogP contribution in [0.15, 0.2) is 46.6 Å². The highest BCUT2D eigenvalue weighted by molar-refractivity contribution is 6.05. The van der Waals surface area contributed by atoms with Gasteiger partial charge in [-0.3, -0.25) is 4.79 Å². The van der Waals surface area contributed by atoms with E-state index in [1.54, 1.807) is 46.6 Å². The van der Waals surface area contributed by atoms with Crippen molar-refractivity contribution in [3.8, 4) is 23.0 Å². The number of methoxy groups -OCH3 is 4. The molecule has 0 saturated heterocycles. The van der Waals surface area contributed by atoms with Crippen LogP contribution in [0.3, 0.4) is 0 Å². The average Bonchev–Trinajstić information content (AvgIpc) is 3.15. The molecule has 0 aliphatic heterocycles. The van der Waals surface area contributed by atoms with Crippen LogP contribution in [0.4, 0.5) is 0 Å². The Hall–Kier alpha value is -4.01. The maximum atomic E-state index is 13.0. The lowest BCUT2D eigenvalue weighted by atomic mass is 10.2. The zero-order valence-electron chi connectivity index (χ0n) is 16.9. The Labute approximate surface area is 171 Å². The summed E-state index contributed by atoms with van der Waals surface area (Å²) in [4.78, 5) is 20.5. The van der Waals surface area contributed by atoms with Gasteiger partial charge in [-0.1, -0.05) is 6.07 Å². The topological polar surface area (TPSA) is 100.0 Å². The molecule has 30 heavy (non-hydrogen) atoms. The van der Waals surface area contributed by atoms with Gasteiger partial charge < -0.3 is 23.9 Å². The zero-order valence-corrected chi connectivity index (χ0v) is 16.9. The summed E-state index contributed by atoms with van der Waals surface area (Å²) in [6, 6.07) is 8.95. The van der Waals surface area contributed by atoms with Crippen molar-refractivity contribution in [2.45, 2.75) is 0 Å². The van der Waals surface area contributed by atoms with Crippen molar-refractivity contribution in [3.05, 3.63) is 52.6 Å². The third kappa shape index (κ3) is 3.10. The van der Waals surface area contributed by atoms with Crippen molar-refractivity contribution in [1.29, 1.82) is 0 Å². The second-order valence-electron chi connectivity index (χ2n) is 6.32. The molecule has 0 saturated carbocycles. The summed E-state index contributed by atoms with van der Waals surface area (Å²) in [6.07, 6.45) is 2.89. The molecule has 0 unspecified atom stereocenters. The highest BCUT2D eigenvalue weighted by Crippen LogP contribution is 2.34. The first-order valence-corrected chi connectivity index (χ1v) is 9.01. The number of hydrogen-bond acceptors (Lipinski definition) is 7. The number of aromatic amines is 1. The second-order valence-corrected chi connectivity index (χ2v) is 6.32. The van der Waals surface area contributed by atoms with Gasteiger partial charge in [0.05, 0.1) is 40.2 Å². The van der Waals surface area contributed by atoms with Gasteiger partial charge in [-0.15, -0.1) is 0 Å². The van der Waals surface area contributed by atoms with E-state index in [0.29, 0.717) is 45.1 Å². The molecule has 0 amide bonds. The van der Waals surface area contributed by atoms with Crippen LogP contribution >= 0.6 is 0 Å². The van der Waals surface area contributed by atoms with Crippen molar-refractivity contribution in [2.75, 3.05) is 28.4 Å². The van der Waals surface area contributed by atoms with Gasteiger partial charge in [0.1, 0.15) is 17.4 Å². The third-order valence-electron chi connectivity index (χ3n) is 4.75.